The predicted molar refractivity (Wildman–Crippen MR) is 65.6 cm³/mol. The molecule has 94 valence electrons. The third-order valence-corrected chi connectivity index (χ3v) is 3.20. The molecule has 1 fully saturated rings. The summed E-state index contributed by atoms with van der Waals surface area (Å²) in [6.45, 7) is 6.87. The number of ketones is 1. The van der Waals surface area contributed by atoms with Crippen LogP contribution in [0.5, 0.6) is 0 Å². The van der Waals surface area contributed by atoms with Gasteiger partial charge in [0.25, 0.3) is 0 Å². The van der Waals surface area contributed by atoms with E-state index in [4.69, 9.17) is 4.74 Å². The monoisotopic (exact) mass is 227 g/mol. The zero-order valence-corrected chi connectivity index (χ0v) is 10.9. The van der Waals surface area contributed by atoms with Crippen molar-refractivity contribution in [2.45, 2.75) is 45.6 Å². The Morgan fingerprint density at radius 1 is 1.38 bits per heavy atom. The molecule has 0 aromatic heterocycles. The summed E-state index contributed by atoms with van der Waals surface area (Å²) in [7, 11) is 2.09. The van der Waals surface area contributed by atoms with Crippen molar-refractivity contribution in [1.29, 1.82) is 0 Å². The molecule has 0 saturated carbocycles. The van der Waals surface area contributed by atoms with Crippen molar-refractivity contribution in [3.05, 3.63) is 0 Å². The fourth-order valence-corrected chi connectivity index (χ4v) is 2.30. The number of hydrogen-bond acceptors (Lipinski definition) is 3. The molecule has 1 rings (SSSR count). The van der Waals surface area contributed by atoms with Gasteiger partial charge in [-0.1, -0.05) is 13.8 Å². The van der Waals surface area contributed by atoms with Gasteiger partial charge in [0.2, 0.25) is 0 Å². The summed E-state index contributed by atoms with van der Waals surface area (Å²) in [5.41, 5.74) is 0. The first kappa shape index (κ1) is 13.7. The molecule has 3 nitrogen and oxygen atoms in total. The Kier molecular flexibility index (Phi) is 5.99. The van der Waals surface area contributed by atoms with Gasteiger partial charge < -0.3 is 9.64 Å². The van der Waals surface area contributed by atoms with Crippen molar-refractivity contribution < 1.29 is 9.53 Å². The molecule has 1 heterocycles. The van der Waals surface area contributed by atoms with Crippen molar-refractivity contribution in [3.63, 3.8) is 0 Å². The zero-order valence-electron chi connectivity index (χ0n) is 10.9. The number of hydrogen-bond donors (Lipinski definition) is 0. The number of piperidine rings is 1. The van der Waals surface area contributed by atoms with E-state index in [0.717, 1.165) is 39.0 Å². The molecule has 0 aromatic rings. The van der Waals surface area contributed by atoms with Gasteiger partial charge in [0.1, 0.15) is 5.78 Å². The van der Waals surface area contributed by atoms with Crippen molar-refractivity contribution >= 4 is 5.78 Å². The van der Waals surface area contributed by atoms with E-state index in [1.807, 2.05) is 0 Å². The number of ether oxygens (including phenoxy) is 1. The summed E-state index contributed by atoms with van der Waals surface area (Å²) in [5.74, 6) is 0.486. The molecule has 0 radical (unpaired) electrons. The summed E-state index contributed by atoms with van der Waals surface area (Å²) in [6.07, 6.45) is 3.83. The molecule has 2 unspecified atom stereocenters. The summed E-state index contributed by atoms with van der Waals surface area (Å²) < 4.78 is 5.81. The average Bonchev–Trinajstić information content (AvgIpc) is 2.27. The van der Waals surface area contributed by atoms with Crippen LogP contribution in [0, 0.1) is 5.92 Å². The fraction of sp³-hybridized carbons (Fsp3) is 0.923. The summed E-state index contributed by atoms with van der Waals surface area (Å²) in [4.78, 5) is 14.3. The number of carbonyl (C=O) groups is 1. The van der Waals surface area contributed by atoms with Crippen molar-refractivity contribution in [2.24, 2.45) is 5.92 Å². The second-order valence-corrected chi connectivity index (χ2v) is 4.78. The Bertz CT molecular complexity index is 216. The molecule has 3 heteroatoms. The molecule has 0 aliphatic carbocycles. The van der Waals surface area contributed by atoms with Gasteiger partial charge in [0, 0.05) is 26.1 Å². The number of carbonyl (C=O) groups excluding carboxylic acids is 1. The smallest absolute Gasteiger partial charge is 0.139 e. The molecule has 0 spiro atoms. The van der Waals surface area contributed by atoms with Crippen LogP contribution in [0.4, 0.5) is 0 Å². The Labute approximate surface area is 99.1 Å². The number of Topliss-reactive ketones (excluding diaryl/α,β-unsaturated/α-hetero) is 1. The highest BCUT2D eigenvalue weighted by Crippen LogP contribution is 2.22. The van der Waals surface area contributed by atoms with Crippen LogP contribution >= 0.6 is 0 Å². The van der Waals surface area contributed by atoms with E-state index >= 15 is 0 Å². The van der Waals surface area contributed by atoms with E-state index in [2.05, 4.69) is 25.8 Å². The fourth-order valence-electron chi connectivity index (χ4n) is 2.30. The van der Waals surface area contributed by atoms with Gasteiger partial charge in [-0.2, -0.15) is 0 Å². The average molecular weight is 227 g/mol. The van der Waals surface area contributed by atoms with Crippen LogP contribution in [0.3, 0.4) is 0 Å². The van der Waals surface area contributed by atoms with Gasteiger partial charge in [0.15, 0.2) is 0 Å². The normalized spacial score (nSPS) is 26.9. The highest BCUT2D eigenvalue weighted by Gasteiger charge is 2.32. The summed E-state index contributed by atoms with van der Waals surface area (Å²) in [5, 5.41) is 0. The molecule has 16 heavy (non-hydrogen) atoms. The molecule has 0 N–H and O–H groups in total. The number of nitrogens with zero attached hydrogens (tertiary/aromatic N) is 1. The lowest BCUT2D eigenvalue weighted by atomic mass is 9.89. The molecule has 0 bridgehead atoms. The van der Waals surface area contributed by atoms with Gasteiger partial charge in [0.05, 0.1) is 12.0 Å². The third-order valence-electron chi connectivity index (χ3n) is 3.20. The van der Waals surface area contributed by atoms with Gasteiger partial charge in [-0.05, 0) is 26.3 Å². The Morgan fingerprint density at radius 3 is 2.75 bits per heavy atom. The van der Waals surface area contributed by atoms with E-state index in [0.29, 0.717) is 12.2 Å². The standard InChI is InChI=1S/C13H25NO2/c1-4-6-12(15)11-10-14(3)8-7-13(11)16-9-5-2/h11,13H,4-10H2,1-3H3. The van der Waals surface area contributed by atoms with Crippen molar-refractivity contribution in [2.75, 3.05) is 26.7 Å². The largest absolute Gasteiger partial charge is 0.377 e. The molecule has 1 saturated heterocycles. The summed E-state index contributed by atoms with van der Waals surface area (Å²) >= 11 is 0. The summed E-state index contributed by atoms with van der Waals surface area (Å²) in [6, 6.07) is 0. The van der Waals surface area contributed by atoms with Gasteiger partial charge in [-0.25, -0.2) is 0 Å². The van der Waals surface area contributed by atoms with Crippen molar-refractivity contribution in [3.8, 4) is 0 Å². The van der Waals surface area contributed by atoms with Crippen LogP contribution < -0.4 is 0 Å². The second kappa shape index (κ2) is 7.02. The first-order chi connectivity index (χ1) is 7.69. The van der Waals surface area contributed by atoms with Crippen LogP contribution in [0.25, 0.3) is 0 Å². The molecule has 0 amide bonds. The molecule has 2 atom stereocenters. The minimum Gasteiger partial charge on any atom is -0.377 e. The van der Waals surface area contributed by atoms with Gasteiger partial charge in [-0.15, -0.1) is 0 Å². The molecular weight excluding hydrogens is 202 g/mol. The number of rotatable bonds is 6. The van der Waals surface area contributed by atoms with Crippen LogP contribution in [-0.2, 0) is 9.53 Å². The van der Waals surface area contributed by atoms with E-state index in [1.165, 1.54) is 0 Å². The lowest BCUT2D eigenvalue weighted by Crippen LogP contribution is -2.46. The van der Waals surface area contributed by atoms with E-state index in [9.17, 15) is 4.79 Å². The first-order valence-corrected chi connectivity index (χ1v) is 6.51. The maximum Gasteiger partial charge on any atom is 0.139 e. The maximum atomic E-state index is 12.0. The minimum atomic E-state index is 0.102. The number of likely N-dealkylation sites (tertiary alicyclic amines) is 1. The lowest BCUT2D eigenvalue weighted by molar-refractivity contribution is -0.132. The topological polar surface area (TPSA) is 29.5 Å². The minimum absolute atomic E-state index is 0.102. The highest BCUT2D eigenvalue weighted by molar-refractivity contribution is 5.81. The molecule has 1 aliphatic rings. The quantitative estimate of drug-likeness (QED) is 0.696. The predicted octanol–water partition coefficient (Wildman–Crippen LogP) is 2.10. The van der Waals surface area contributed by atoms with E-state index in [-0.39, 0.29) is 12.0 Å². The third kappa shape index (κ3) is 3.87. The Hall–Kier alpha value is -0.410. The highest BCUT2D eigenvalue weighted by atomic mass is 16.5. The zero-order chi connectivity index (χ0) is 12.0. The van der Waals surface area contributed by atoms with Crippen LogP contribution in [0.15, 0.2) is 0 Å². The SMILES string of the molecule is CCCOC1CCN(C)CC1C(=O)CCC. The van der Waals surface area contributed by atoms with Crippen LogP contribution in [0.1, 0.15) is 39.5 Å². The first-order valence-electron chi connectivity index (χ1n) is 6.51. The maximum absolute atomic E-state index is 12.0. The molecular formula is C13H25NO2. The van der Waals surface area contributed by atoms with E-state index in [1.54, 1.807) is 0 Å². The lowest BCUT2D eigenvalue weighted by Gasteiger charge is -2.35. The van der Waals surface area contributed by atoms with Crippen LogP contribution in [0.2, 0.25) is 0 Å². The van der Waals surface area contributed by atoms with Gasteiger partial charge in [-0.3, -0.25) is 4.79 Å². The van der Waals surface area contributed by atoms with Crippen molar-refractivity contribution in [1.82, 2.24) is 4.90 Å². The molecule has 1 aliphatic heterocycles. The Morgan fingerprint density at radius 2 is 2.12 bits per heavy atom. The molecule has 0 aromatic carbocycles. The van der Waals surface area contributed by atoms with E-state index < -0.39 is 0 Å². The Balaban J connectivity index is 2.53. The van der Waals surface area contributed by atoms with Gasteiger partial charge >= 0.3 is 0 Å². The van der Waals surface area contributed by atoms with Crippen LogP contribution in [-0.4, -0.2) is 43.5 Å². The second-order valence-electron chi connectivity index (χ2n) is 4.78.